The van der Waals surface area contributed by atoms with Crippen LogP contribution in [0.15, 0.2) is 29.2 Å². The van der Waals surface area contributed by atoms with Crippen molar-refractivity contribution in [2.45, 2.75) is 17.7 Å². The van der Waals surface area contributed by atoms with Crippen molar-refractivity contribution >= 4 is 15.7 Å². The summed E-state index contributed by atoms with van der Waals surface area (Å²) in [4.78, 5) is 14.6. The molecule has 1 aliphatic rings. The number of rotatable bonds is 7. The van der Waals surface area contributed by atoms with Crippen molar-refractivity contribution < 1.29 is 17.9 Å². The monoisotopic (exact) mass is 354 g/mol. The van der Waals surface area contributed by atoms with E-state index < -0.39 is 9.84 Å². The summed E-state index contributed by atoms with van der Waals surface area (Å²) in [5.41, 5.74) is 0.535. The second-order valence-electron chi connectivity index (χ2n) is 6.13. The van der Waals surface area contributed by atoms with Crippen molar-refractivity contribution in [3.8, 4) is 0 Å². The molecule has 0 radical (unpaired) electrons. The summed E-state index contributed by atoms with van der Waals surface area (Å²) in [6, 6.07) is 6.21. The van der Waals surface area contributed by atoms with Gasteiger partial charge in [0.05, 0.1) is 17.3 Å². The van der Waals surface area contributed by atoms with Crippen LogP contribution in [-0.2, 0) is 14.6 Å². The van der Waals surface area contributed by atoms with Crippen molar-refractivity contribution in [1.82, 2.24) is 10.2 Å². The fourth-order valence-electron chi connectivity index (χ4n) is 2.93. The molecule has 0 unspecified atom stereocenters. The number of likely N-dealkylation sites (tertiary alicyclic amines) is 1. The molecule has 1 fully saturated rings. The van der Waals surface area contributed by atoms with Gasteiger partial charge in [-0.2, -0.15) is 0 Å². The van der Waals surface area contributed by atoms with Crippen LogP contribution in [0.1, 0.15) is 23.2 Å². The van der Waals surface area contributed by atoms with Crippen LogP contribution in [0.25, 0.3) is 0 Å². The number of carbonyl (C=O) groups is 1. The minimum absolute atomic E-state index is 0.0289. The Hall–Kier alpha value is -1.44. The van der Waals surface area contributed by atoms with Gasteiger partial charge < -0.3 is 15.0 Å². The van der Waals surface area contributed by atoms with E-state index in [2.05, 4.69) is 5.32 Å². The van der Waals surface area contributed by atoms with Crippen LogP contribution >= 0.6 is 0 Å². The number of piperidine rings is 1. The van der Waals surface area contributed by atoms with Crippen molar-refractivity contribution in [1.29, 1.82) is 0 Å². The molecular weight excluding hydrogens is 328 g/mol. The van der Waals surface area contributed by atoms with Gasteiger partial charge in [0.15, 0.2) is 9.84 Å². The molecule has 7 heteroatoms. The predicted molar refractivity (Wildman–Crippen MR) is 92.9 cm³/mol. The van der Waals surface area contributed by atoms with Gasteiger partial charge in [0.25, 0.3) is 5.91 Å². The maximum Gasteiger partial charge on any atom is 0.253 e. The van der Waals surface area contributed by atoms with Crippen LogP contribution in [0.4, 0.5) is 0 Å². The molecule has 0 bridgehead atoms. The number of methoxy groups -OCH3 is 1. The molecule has 0 aliphatic carbocycles. The number of hydrogen-bond acceptors (Lipinski definition) is 5. The molecule has 0 saturated carbocycles. The van der Waals surface area contributed by atoms with Crippen LogP contribution in [0.3, 0.4) is 0 Å². The molecule has 0 aromatic heterocycles. The molecule has 0 atom stereocenters. The third kappa shape index (κ3) is 4.78. The highest BCUT2D eigenvalue weighted by Crippen LogP contribution is 2.19. The highest BCUT2D eigenvalue weighted by molar-refractivity contribution is 7.91. The lowest BCUT2D eigenvalue weighted by Crippen LogP contribution is -2.40. The summed E-state index contributed by atoms with van der Waals surface area (Å²) >= 11 is 0. The maximum absolute atomic E-state index is 12.5. The number of ether oxygens (including phenoxy) is 1. The molecule has 2 rings (SSSR count). The van der Waals surface area contributed by atoms with Crippen LogP contribution in [-0.4, -0.2) is 65.4 Å². The van der Waals surface area contributed by atoms with E-state index in [1.54, 1.807) is 12.1 Å². The normalized spacial score (nSPS) is 16.3. The van der Waals surface area contributed by atoms with Crippen molar-refractivity contribution in [2.24, 2.45) is 5.92 Å². The smallest absolute Gasteiger partial charge is 0.253 e. The van der Waals surface area contributed by atoms with Gasteiger partial charge in [-0.05, 0) is 56.6 Å². The average molecular weight is 354 g/mol. The van der Waals surface area contributed by atoms with E-state index in [-0.39, 0.29) is 23.2 Å². The second-order valence-corrected chi connectivity index (χ2v) is 8.24. The molecule has 1 heterocycles. The largest absolute Gasteiger partial charge is 0.384 e. The van der Waals surface area contributed by atoms with Gasteiger partial charge in [-0.25, -0.2) is 8.42 Å². The van der Waals surface area contributed by atoms with Crippen LogP contribution in [0, 0.1) is 5.92 Å². The van der Waals surface area contributed by atoms with E-state index in [9.17, 15) is 13.2 Å². The third-order valence-corrected chi connectivity index (χ3v) is 6.11. The number of carbonyl (C=O) groups excluding carboxylic acids is 1. The lowest BCUT2D eigenvalue weighted by molar-refractivity contribution is 0.0691. The van der Waals surface area contributed by atoms with Gasteiger partial charge in [0, 0.05) is 25.8 Å². The van der Waals surface area contributed by atoms with Gasteiger partial charge in [-0.15, -0.1) is 0 Å². The van der Waals surface area contributed by atoms with Crippen molar-refractivity contribution in [3.63, 3.8) is 0 Å². The molecule has 0 spiro atoms. The van der Waals surface area contributed by atoms with E-state index in [0.717, 1.165) is 32.5 Å². The van der Waals surface area contributed by atoms with Crippen molar-refractivity contribution in [3.05, 3.63) is 29.8 Å². The topological polar surface area (TPSA) is 75.7 Å². The highest BCUT2D eigenvalue weighted by Gasteiger charge is 2.23. The molecule has 134 valence electrons. The minimum Gasteiger partial charge on any atom is -0.384 e. The van der Waals surface area contributed by atoms with E-state index in [4.69, 9.17) is 4.74 Å². The molecule has 1 aromatic rings. The first-order chi connectivity index (χ1) is 11.5. The Morgan fingerprint density at radius 1 is 1.25 bits per heavy atom. The summed E-state index contributed by atoms with van der Waals surface area (Å²) in [6.45, 7) is 2.64. The SMILES string of the molecule is CNCC1CCN(C(=O)c2ccc(S(=O)(=O)CCOC)cc2)CC1. The van der Waals surface area contributed by atoms with E-state index in [1.807, 2.05) is 11.9 Å². The molecule has 1 N–H and O–H groups in total. The minimum atomic E-state index is -3.36. The fourth-order valence-corrected chi connectivity index (χ4v) is 4.10. The van der Waals surface area contributed by atoms with E-state index in [0.29, 0.717) is 11.5 Å². The molecule has 1 aromatic carbocycles. The molecule has 1 aliphatic heterocycles. The van der Waals surface area contributed by atoms with Gasteiger partial charge in [0.2, 0.25) is 0 Å². The summed E-state index contributed by atoms with van der Waals surface area (Å²) in [6.07, 6.45) is 1.99. The van der Waals surface area contributed by atoms with E-state index in [1.165, 1.54) is 19.2 Å². The Labute approximate surface area is 144 Å². The Balaban J connectivity index is 1.99. The Morgan fingerprint density at radius 3 is 2.42 bits per heavy atom. The predicted octanol–water partition coefficient (Wildman–Crippen LogP) is 1.18. The zero-order chi connectivity index (χ0) is 17.6. The molecule has 24 heavy (non-hydrogen) atoms. The van der Waals surface area contributed by atoms with Gasteiger partial charge in [-0.3, -0.25) is 4.79 Å². The first-order valence-electron chi connectivity index (χ1n) is 8.23. The van der Waals surface area contributed by atoms with Gasteiger partial charge >= 0.3 is 0 Å². The van der Waals surface area contributed by atoms with Crippen LogP contribution in [0.2, 0.25) is 0 Å². The van der Waals surface area contributed by atoms with Crippen LogP contribution < -0.4 is 5.32 Å². The summed E-state index contributed by atoms with van der Waals surface area (Å²) in [7, 11) is 0.0533. The Kier molecular flexibility index (Phi) is 6.77. The lowest BCUT2D eigenvalue weighted by Gasteiger charge is -2.32. The Bertz CT molecular complexity index is 635. The standard InChI is InChI=1S/C17H26N2O4S/c1-18-13-14-7-9-19(10-8-14)17(20)15-3-5-16(6-4-15)24(21,22)12-11-23-2/h3-6,14,18H,7-13H2,1-2H3. The zero-order valence-electron chi connectivity index (χ0n) is 14.3. The van der Waals surface area contributed by atoms with Crippen LogP contribution in [0.5, 0.6) is 0 Å². The highest BCUT2D eigenvalue weighted by atomic mass is 32.2. The number of hydrogen-bond donors (Lipinski definition) is 1. The summed E-state index contributed by atoms with van der Waals surface area (Å²) in [5, 5.41) is 3.18. The van der Waals surface area contributed by atoms with Gasteiger partial charge in [-0.1, -0.05) is 0 Å². The summed E-state index contributed by atoms with van der Waals surface area (Å²) in [5.74, 6) is 0.529. The number of amides is 1. The summed E-state index contributed by atoms with van der Waals surface area (Å²) < 4.78 is 29.0. The third-order valence-electron chi connectivity index (χ3n) is 4.41. The number of benzene rings is 1. The quantitative estimate of drug-likeness (QED) is 0.796. The molecule has 1 amide bonds. The van der Waals surface area contributed by atoms with E-state index >= 15 is 0 Å². The number of nitrogens with zero attached hydrogens (tertiary/aromatic N) is 1. The number of sulfone groups is 1. The fraction of sp³-hybridized carbons (Fsp3) is 0.588. The van der Waals surface area contributed by atoms with Crippen molar-refractivity contribution in [2.75, 3.05) is 46.2 Å². The Morgan fingerprint density at radius 2 is 1.88 bits per heavy atom. The maximum atomic E-state index is 12.5. The first-order valence-corrected chi connectivity index (χ1v) is 9.89. The molecular formula is C17H26N2O4S. The second kappa shape index (κ2) is 8.60. The molecule has 6 nitrogen and oxygen atoms in total. The lowest BCUT2D eigenvalue weighted by atomic mass is 9.96. The zero-order valence-corrected chi connectivity index (χ0v) is 15.1. The molecule has 1 saturated heterocycles. The number of nitrogens with one attached hydrogen (secondary N) is 1. The average Bonchev–Trinajstić information content (AvgIpc) is 2.60. The van der Waals surface area contributed by atoms with Gasteiger partial charge in [0.1, 0.15) is 0 Å². The first kappa shape index (κ1) is 18.9.